The summed E-state index contributed by atoms with van der Waals surface area (Å²) in [5.74, 6) is -0.203. The molecule has 1 rings (SSSR count). The van der Waals surface area contributed by atoms with Crippen LogP contribution in [0.2, 0.25) is 0 Å². The molecule has 2 heteroatoms. The molecular weight excluding hydrogens is 176 g/mol. The van der Waals surface area contributed by atoms with Crippen LogP contribution in [-0.4, -0.2) is 12.1 Å². The maximum atomic E-state index is 10.6. The third kappa shape index (κ3) is 4.08. The van der Waals surface area contributed by atoms with Gasteiger partial charge in [-0.15, -0.1) is 0 Å². The zero-order valence-electron chi connectivity index (χ0n) is 8.69. The summed E-state index contributed by atoms with van der Waals surface area (Å²) < 4.78 is 5.03. The van der Waals surface area contributed by atoms with E-state index in [1.165, 1.54) is 12.5 Å². The molecule has 1 unspecified atom stereocenters. The monoisotopic (exact) mass is 192 g/mol. The van der Waals surface area contributed by atoms with Crippen molar-refractivity contribution in [3.63, 3.8) is 0 Å². The van der Waals surface area contributed by atoms with Gasteiger partial charge in [-0.3, -0.25) is 4.79 Å². The molecule has 0 aliphatic carbocycles. The van der Waals surface area contributed by atoms with E-state index >= 15 is 0 Å². The van der Waals surface area contributed by atoms with E-state index in [0.717, 1.165) is 12.8 Å². The Morgan fingerprint density at radius 1 is 1.36 bits per heavy atom. The number of rotatable bonds is 4. The zero-order valence-corrected chi connectivity index (χ0v) is 8.69. The van der Waals surface area contributed by atoms with Crippen LogP contribution in [0, 0.1) is 0 Å². The molecule has 0 aliphatic rings. The SMILES string of the molecule is CC(=O)OC(C)CCc1ccccc1. The van der Waals surface area contributed by atoms with Crippen molar-refractivity contribution in [2.75, 3.05) is 0 Å². The van der Waals surface area contributed by atoms with Gasteiger partial charge in [-0.25, -0.2) is 0 Å². The summed E-state index contributed by atoms with van der Waals surface area (Å²) in [5.41, 5.74) is 1.28. The lowest BCUT2D eigenvalue weighted by Gasteiger charge is -2.11. The summed E-state index contributed by atoms with van der Waals surface area (Å²) in [6, 6.07) is 10.2. The Morgan fingerprint density at radius 2 is 2.00 bits per heavy atom. The highest BCUT2D eigenvalue weighted by atomic mass is 16.5. The molecule has 1 aromatic carbocycles. The minimum atomic E-state index is -0.203. The molecule has 1 aromatic rings. The summed E-state index contributed by atoms with van der Waals surface area (Å²) >= 11 is 0. The average molecular weight is 192 g/mol. The smallest absolute Gasteiger partial charge is 0.302 e. The van der Waals surface area contributed by atoms with Gasteiger partial charge in [-0.1, -0.05) is 30.3 Å². The van der Waals surface area contributed by atoms with Gasteiger partial charge in [0.25, 0.3) is 0 Å². The lowest BCUT2D eigenvalue weighted by molar-refractivity contribution is -0.145. The average Bonchev–Trinajstić information content (AvgIpc) is 2.15. The molecule has 76 valence electrons. The standard InChI is InChI=1S/C12H16O2/c1-10(14-11(2)13)8-9-12-6-4-3-5-7-12/h3-7,10H,8-9H2,1-2H3. The molecular formula is C12H16O2. The van der Waals surface area contributed by atoms with E-state index in [2.05, 4.69) is 12.1 Å². The molecule has 2 nitrogen and oxygen atoms in total. The van der Waals surface area contributed by atoms with Crippen molar-refractivity contribution in [1.29, 1.82) is 0 Å². The van der Waals surface area contributed by atoms with E-state index < -0.39 is 0 Å². The van der Waals surface area contributed by atoms with Crippen molar-refractivity contribution in [3.05, 3.63) is 35.9 Å². The minimum Gasteiger partial charge on any atom is -0.463 e. The van der Waals surface area contributed by atoms with Gasteiger partial charge in [-0.05, 0) is 25.3 Å². The van der Waals surface area contributed by atoms with Crippen LogP contribution in [-0.2, 0) is 16.0 Å². The van der Waals surface area contributed by atoms with Crippen LogP contribution >= 0.6 is 0 Å². The van der Waals surface area contributed by atoms with E-state index in [1.54, 1.807) is 0 Å². The van der Waals surface area contributed by atoms with Gasteiger partial charge in [0.2, 0.25) is 0 Å². The molecule has 0 fully saturated rings. The van der Waals surface area contributed by atoms with Gasteiger partial charge in [0, 0.05) is 6.92 Å². The molecule has 0 saturated heterocycles. The first kappa shape index (κ1) is 10.8. The number of hydrogen-bond acceptors (Lipinski definition) is 2. The lowest BCUT2D eigenvalue weighted by Crippen LogP contribution is -2.12. The molecule has 0 amide bonds. The van der Waals surface area contributed by atoms with E-state index in [0.29, 0.717) is 0 Å². The molecule has 1 atom stereocenters. The number of benzene rings is 1. The van der Waals surface area contributed by atoms with Crippen molar-refractivity contribution in [2.45, 2.75) is 32.8 Å². The molecule has 0 aromatic heterocycles. The summed E-state index contributed by atoms with van der Waals surface area (Å²) in [7, 11) is 0. The molecule has 0 spiro atoms. The number of esters is 1. The quantitative estimate of drug-likeness (QED) is 0.685. The Balaban J connectivity index is 2.30. The van der Waals surface area contributed by atoms with Crippen molar-refractivity contribution in [3.8, 4) is 0 Å². The number of carbonyl (C=O) groups is 1. The highest BCUT2D eigenvalue weighted by molar-refractivity contribution is 5.66. The first-order chi connectivity index (χ1) is 6.68. The van der Waals surface area contributed by atoms with Gasteiger partial charge in [0.1, 0.15) is 0 Å². The Morgan fingerprint density at radius 3 is 2.57 bits per heavy atom. The van der Waals surface area contributed by atoms with Crippen molar-refractivity contribution in [1.82, 2.24) is 0 Å². The zero-order chi connectivity index (χ0) is 10.4. The summed E-state index contributed by atoms with van der Waals surface area (Å²) in [6.07, 6.45) is 1.84. The highest BCUT2D eigenvalue weighted by Gasteiger charge is 2.04. The Bertz CT molecular complexity index is 280. The van der Waals surface area contributed by atoms with Crippen molar-refractivity contribution >= 4 is 5.97 Å². The van der Waals surface area contributed by atoms with Crippen LogP contribution < -0.4 is 0 Å². The Kier molecular flexibility index (Phi) is 4.17. The number of carbonyl (C=O) groups excluding carboxylic acids is 1. The van der Waals surface area contributed by atoms with Gasteiger partial charge in [0.05, 0.1) is 6.10 Å². The maximum Gasteiger partial charge on any atom is 0.302 e. The van der Waals surface area contributed by atoms with Gasteiger partial charge < -0.3 is 4.74 Å². The van der Waals surface area contributed by atoms with Crippen LogP contribution in [0.25, 0.3) is 0 Å². The van der Waals surface area contributed by atoms with Gasteiger partial charge >= 0.3 is 5.97 Å². The van der Waals surface area contributed by atoms with Gasteiger partial charge in [-0.2, -0.15) is 0 Å². The second-order valence-electron chi connectivity index (χ2n) is 3.44. The number of aryl methyl sites for hydroxylation is 1. The second-order valence-corrected chi connectivity index (χ2v) is 3.44. The largest absolute Gasteiger partial charge is 0.463 e. The first-order valence-corrected chi connectivity index (χ1v) is 4.89. The number of hydrogen-bond donors (Lipinski definition) is 0. The van der Waals surface area contributed by atoms with Gasteiger partial charge in [0.15, 0.2) is 0 Å². The van der Waals surface area contributed by atoms with E-state index in [4.69, 9.17) is 4.74 Å². The fraction of sp³-hybridized carbons (Fsp3) is 0.417. The van der Waals surface area contributed by atoms with E-state index in [9.17, 15) is 4.79 Å². The molecule has 0 saturated carbocycles. The highest BCUT2D eigenvalue weighted by Crippen LogP contribution is 2.06. The van der Waals surface area contributed by atoms with Crippen LogP contribution in [0.1, 0.15) is 25.8 Å². The van der Waals surface area contributed by atoms with E-state index in [1.807, 2.05) is 25.1 Å². The fourth-order valence-electron chi connectivity index (χ4n) is 1.36. The molecule has 0 radical (unpaired) electrons. The topological polar surface area (TPSA) is 26.3 Å². The molecule has 0 N–H and O–H groups in total. The van der Waals surface area contributed by atoms with E-state index in [-0.39, 0.29) is 12.1 Å². The molecule has 0 aliphatic heterocycles. The predicted molar refractivity (Wildman–Crippen MR) is 56.0 cm³/mol. The van der Waals surface area contributed by atoms with Crippen LogP contribution in [0.3, 0.4) is 0 Å². The minimum absolute atomic E-state index is 0.00714. The summed E-state index contributed by atoms with van der Waals surface area (Å²) in [6.45, 7) is 3.36. The molecule has 0 bridgehead atoms. The summed E-state index contributed by atoms with van der Waals surface area (Å²) in [5, 5.41) is 0. The van der Waals surface area contributed by atoms with Crippen molar-refractivity contribution in [2.24, 2.45) is 0 Å². The normalized spacial score (nSPS) is 12.1. The molecule has 0 heterocycles. The maximum absolute atomic E-state index is 10.6. The number of ether oxygens (including phenoxy) is 1. The Hall–Kier alpha value is -1.31. The fourth-order valence-corrected chi connectivity index (χ4v) is 1.36. The third-order valence-electron chi connectivity index (χ3n) is 2.05. The predicted octanol–water partition coefficient (Wildman–Crippen LogP) is 2.57. The van der Waals surface area contributed by atoms with Crippen molar-refractivity contribution < 1.29 is 9.53 Å². The summed E-state index contributed by atoms with van der Waals surface area (Å²) in [4.78, 5) is 10.6. The lowest BCUT2D eigenvalue weighted by atomic mass is 10.1. The second kappa shape index (κ2) is 5.43. The third-order valence-corrected chi connectivity index (χ3v) is 2.05. The van der Waals surface area contributed by atoms with Crippen LogP contribution in [0.4, 0.5) is 0 Å². The van der Waals surface area contributed by atoms with Crippen LogP contribution in [0.15, 0.2) is 30.3 Å². The van der Waals surface area contributed by atoms with Crippen LogP contribution in [0.5, 0.6) is 0 Å². The first-order valence-electron chi connectivity index (χ1n) is 4.89. The Labute approximate surface area is 84.9 Å². The molecule has 14 heavy (non-hydrogen) atoms.